The largest absolute Gasteiger partial charge is 0.489 e. The summed E-state index contributed by atoms with van der Waals surface area (Å²) in [7, 11) is 0. The van der Waals surface area contributed by atoms with Crippen molar-refractivity contribution in [1.82, 2.24) is 14.5 Å². The zero-order chi connectivity index (χ0) is 19.5. The van der Waals surface area contributed by atoms with E-state index < -0.39 is 5.91 Å². The summed E-state index contributed by atoms with van der Waals surface area (Å²) in [6, 6.07) is 11.3. The van der Waals surface area contributed by atoms with Crippen molar-refractivity contribution in [3.05, 3.63) is 54.4 Å². The third-order valence-electron chi connectivity index (χ3n) is 5.32. The highest BCUT2D eigenvalue weighted by Gasteiger charge is 2.20. The topological polar surface area (TPSA) is 73.4 Å². The molecule has 1 saturated heterocycles. The van der Waals surface area contributed by atoms with Gasteiger partial charge in [-0.15, -0.1) is 0 Å². The summed E-state index contributed by atoms with van der Waals surface area (Å²) >= 11 is 0. The molecule has 1 aromatic carbocycles. The van der Waals surface area contributed by atoms with E-state index in [1.807, 2.05) is 35.0 Å². The van der Waals surface area contributed by atoms with Crippen molar-refractivity contribution in [1.29, 1.82) is 0 Å². The molecule has 0 aliphatic carbocycles. The van der Waals surface area contributed by atoms with E-state index in [0.717, 1.165) is 48.4 Å². The highest BCUT2D eigenvalue weighted by atomic mass is 16.5. The molecular weight excluding hydrogens is 352 g/mol. The number of fused-ring (bicyclic) bond motifs is 1. The number of nitrogens with two attached hydrogens (primary N) is 1. The van der Waals surface area contributed by atoms with E-state index in [9.17, 15) is 4.79 Å². The molecule has 0 spiro atoms. The first-order valence-corrected chi connectivity index (χ1v) is 9.90. The molecule has 146 valence electrons. The SMILES string of the molecule is CCCN1CCC(Oc2ccc(-n3ccc4cc(C(N)=O)ccc43)nc2)CC1. The molecule has 1 aliphatic rings. The van der Waals surface area contributed by atoms with Crippen molar-refractivity contribution in [3.8, 4) is 11.6 Å². The van der Waals surface area contributed by atoms with Crippen LogP contribution in [0.1, 0.15) is 36.5 Å². The molecule has 3 aromatic rings. The van der Waals surface area contributed by atoms with Gasteiger partial charge in [0.15, 0.2) is 0 Å². The van der Waals surface area contributed by atoms with Gasteiger partial charge >= 0.3 is 0 Å². The Bertz CT molecular complexity index is 956. The Morgan fingerprint density at radius 1 is 1.21 bits per heavy atom. The minimum Gasteiger partial charge on any atom is -0.489 e. The lowest BCUT2D eigenvalue weighted by Crippen LogP contribution is -2.38. The molecule has 6 nitrogen and oxygen atoms in total. The van der Waals surface area contributed by atoms with Crippen molar-refractivity contribution in [2.45, 2.75) is 32.3 Å². The number of piperidine rings is 1. The van der Waals surface area contributed by atoms with Crippen LogP contribution in [0.15, 0.2) is 48.8 Å². The van der Waals surface area contributed by atoms with E-state index in [4.69, 9.17) is 10.5 Å². The molecule has 1 amide bonds. The maximum absolute atomic E-state index is 11.4. The van der Waals surface area contributed by atoms with E-state index in [1.54, 1.807) is 18.3 Å². The Morgan fingerprint density at radius 2 is 2.04 bits per heavy atom. The second kappa shape index (κ2) is 8.02. The van der Waals surface area contributed by atoms with Crippen LogP contribution < -0.4 is 10.5 Å². The minimum absolute atomic E-state index is 0.264. The Kier molecular flexibility index (Phi) is 5.30. The number of amides is 1. The molecule has 0 atom stereocenters. The van der Waals surface area contributed by atoms with Crippen LogP contribution in [0, 0.1) is 0 Å². The average Bonchev–Trinajstić information content (AvgIpc) is 3.13. The minimum atomic E-state index is -0.421. The highest BCUT2D eigenvalue weighted by Crippen LogP contribution is 2.23. The molecule has 4 rings (SSSR count). The first-order valence-electron chi connectivity index (χ1n) is 9.90. The van der Waals surface area contributed by atoms with Crippen LogP contribution >= 0.6 is 0 Å². The van der Waals surface area contributed by atoms with Gasteiger partial charge in [0, 0.05) is 30.2 Å². The molecule has 2 N–H and O–H groups in total. The first kappa shape index (κ1) is 18.5. The molecular formula is C22H26N4O2. The number of hydrogen-bond donors (Lipinski definition) is 1. The van der Waals surface area contributed by atoms with Crippen LogP contribution in [0.3, 0.4) is 0 Å². The van der Waals surface area contributed by atoms with Crippen LogP contribution in [0.25, 0.3) is 16.7 Å². The monoisotopic (exact) mass is 378 g/mol. The predicted molar refractivity (Wildman–Crippen MR) is 110 cm³/mol. The summed E-state index contributed by atoms with van der Waals surface area (Å²) in [6.45, 7) is 5.61. The molecule has 1 aliphatic heterocycles. The quantitative estimate of drug-likeness (QED) is 0.714. The van der Waals surface area contributed by atoms with Gasteiger partial charge in [0.05, 0.1) is 11.7 Å². The number of carbonyl (C=O) groups excluding carboxylic acids is 1. The van der Waals surface area contributed by atoms with Crippen LogP contribution in [0.2, 0.25) is 0 Å². The number of benzene rings is 1. The van der Waals surface area contributed by atoms with Gasteiger partial charge < -0.3 is 19.9 Å². The molecule has 6 heteroatoms. The number of nitrogens with zero attached hydrogens (tertiary/aromatic N) is 3. The number of rotatable bonds is 6. The molecule has 3 heterocycles. The zero-order valence-corrected chi connectivity index (χ0v) is 16.2. The Balaban J connectivity index is 1.45. The summed E-state index contributed by atoms with van der Waals surface area (Å²) in [5.41, 5.74) is 6.85. The van der Waals surface area contributed by atoms with Gasteiger partial charge in [-0.05, 0) is 62.2 Å². The molecule has 2 aromatic heterocycles. The lowest BCUT2D eigenvalue weighted by atomic mass is 10.1. The van der Waals surface area contributed by atoms with Crippen molar-refractivity contribution in [3.63, 3.8) is 0 Å². The maximum Gasteiger partial charge on any atom is 0.248 e. The lowest BCUT2D eigenvalue weighted by Gasteiger charge is -2.31. The van der Waals surface area contributed by atoms with Gasteiger partial charge in [0.2, 0.25) is 5.91 Å². The van der Waals surface area contributed by atoms with Crippen molar-refractivity contribution in [2.75, 3.05) is 19.6 Å². The summed E-state index contributed by atoms with van der Waals surface area (Å²) in [5.74, 6) is 1.20. The van der Waals surface area contributed by atoms with Crippen LogP contribution in [0.5, 0.6) is 5.75 Å². The molecule has 0 saturated carbocycles. The third kappa shape index (κ3) is 3.87. The standard InChI is InChI=1S/C22H26N4O2/c1-2-10-25-11-8-18(9-12-25)28-19-4-6-21(24-15-19)26-13-7-16-14-17(22(23)27)3-5-20(16)26/h3-7,13-15,18H,2,8-12H2,1H3,(H2,23,27). The Hall–Kier alpha value is -2.86. The van der Waals surface area contributed by atoms with E-state index >= 15 is 0 Å². The van der Waals surface area contributed by atoms with Gasteiger partial charge in [-0.2, -0.15) is 0 Å². The summed E-state index contributed by atoms with van der Waals surface area (Å²) in [5, 5.41) is 0.956. The van der Waals surface area contributed by atoms with Crippen LogP contribution in [0.4, 0.5) is 0 Å². The Labute approximate surface area is 164 Å². The van der Waals surface area contributed by atoms with Gasteiger partial charge in [0.1, 0.15) is 17.7 Å². The van der Waals surface area contributed by atoms with E-state index in [0.29, 0.717) is 5.56 Å². The number of pyridine rings is 1. The van der Waals surface area contributed by atoms with Crippen molar-refractivity contribution < 1.29 is 9.53 Å². The van der Waals surface area contributed by atoms with Crippen LogP contribution in [-0.4, -0.2) is 46.1 Å². The lowest BCUT2D eigenvalue weighted by molar-refractivity contribution is 0.0998. The fraction of sp³-hybridized carbons (Fsp3) is 0.364. The number of hydrogen-bond acceptors (Lipinski definition) is 4. The number of likely N-dealkylation sites (tertiary alicyclic amines) is 1. The van der Waals surface area contributed by atoms with E-state index in [1.165, 1.54) is 13.0 Å². The molecule has 0 bridgehead atoms. The van der Waals surface area contributed by atoms with Gasteiger partial charge in [0.25, 0.3) is 0 Å². The maximum atomic E-state index is 11.4. The molecule has 1 fully saturated rings. The normalized spacial score (nSPS) is 15.8. The number of ether oxygens (including phenoxy) is 1. The zero-order valence-electron chi connectivity index (χ0n) is 16.2. The third-order valence-corrected chi connectivity index (χ3v) is 5.32. The van der Waals surface area contributed by atoms with Crippen LogP contribution in [-0.2, 0) is 0 Å². The average molecular weight is 378 g/mol. The first-order chi connectivity index (χ1) is 13.6. The highest BCUT2D eigenvalue weighted by molar-refractivity contribution is 5.97. The van der Waals surface area contributed by atoms with Gasteiger partial charge in [-0.25, -0.2) is 4.98 Å². The summed E-state index contributed by atoms with van der Waals surface area (Å²) < 4.78 is 8.13. The number of aromatic nitrogens is 2. The second-order valence-electron chi connectivity index (χ2n) is 7.33. The van der Waals surface area contributed by atoms with Crippen molar-refractivity contribution in [2.24, 2.45) is 5.73 Å². The molecule has 0 unspecified atom stereocenters. The van der Waals surface area contributed by atoms with Gasteiger partial charge in [-0.3, -0.25) is 4.79 Å². The Morgan fingerprint density at radius 3 is 2.71 bits per heavy atom. The van der Waals surface area contributed by atoms with E-state index in [-0.39, 0.29) is 6.10 Å². The molecule has 28 heavy (non-hydrogen) atoms. The van der Waals surface area contributed by atoms with Gasteiger partial charge in [-0.1, -0.05) is 6.92 Å². The van der Waals surface area contributed by atoms with E-state index in [2.05, 4.69) is 16.8 Å². The number of primary amides is 1. The fourth-order valence-electron chi connectivity index (χ4n) is 3.84. The molecule has 0 radical (unpaired) electrons. The fourth-order valence-corrected chi connectivity index (χ4v) is 3.84. The number of carbonyl (C=O) groups is 1. The smallest absolute Gasteiger partial charge is 0.248 e. The summed E-state index contributed by atoms with van der Waals surface area (Å²) in [4.78, 5) is 18.4. The summed E-state index contributed by atoms with van der Waals surface area (Å²) in [6.07, 6.45) is 7.33. The van der Waals surface area contributed by atoms with Crippen molar-refractivity contribution >= 4 is 16.8 Å². The predicted octanol–water partition coefficient (Wildman–Crippen LogP) is 3.38. The second-order valence-corrected chi connectivity index (χ2v) is 7.33.